The summed E-state index contributed by atoms with van der Waals surface area (Å²) in [6, 6.07) is -0.404. The van der Waals surface area contributed by atoms with Crippen molar-refractivity contribution in [2.75, 3.05) is 6.54 Å². The Labute approximate surface area is 178 Å². The number of amides is 2. The molecule has 0 aliphatic carbocycles. The van der Waals surface area contributed by atoms with Gasteiger partial charge in [-0.05, 0) is 13.0 Å². The number of pyridine rings is 1. The van der Waals surface area contributed by atoms with Gasteiger partial charge in [-0.3, -0.25) is 14.4 Å². The van der Waals surface area contributed by atoms with E-state index in [1.54, 1.807) is 6.92 Å². The summed E-state index contributed by atoms with van der Waals surface area (Å²) >= 11 is 0. The molecule has 0 radical (unpaired) electrons. The maximum atomic E-state index is 14.2. The van der Waals surface area contributed by atoms with Gasteiger partial charge in [0.1, 0.15) is 28.8 Å². The van der Waals surface area contributed by atoms with Gasteiger partial charge in [0.25, 0.3) is 11.8 Å². The molecule has 2 aliphatic rings. The lowest BCUT2D eigenvalue weighted by atomic mass is 10.1. The molecule has 0 spiro atoms. The first-order valence-corrected chi connectivity index (χ1v) is 9.65. The van der Waals surface area contributed by atoms with Gasteiger partial charge in [-0.1, -0.05) is 0 Å². The third-order valence-electron chi connectivity index (χ3n) is 5.59. The first kappa shape index (κ1) is 21.6. The molecule has 2 aliphatic heterocycles. The topological polar surface area (TPSA) is 91.6 Å². The number of nitrogens with one attached hydrogen (secondary N) is 1. The lowest BCUT2D eigenvalue weighted by Crippen LogP contribution is -2.47. The van der Waals surface area contributed by atoms with Crippen LogP contribution in [-0.2, 0) is 6.54 Å². The zero-order valence-corrected chi connectivity index (χ0v) is 16.7. The highest BCUT2D eigenvalue weighted by molar-refractivity contribution is 5.99. The number of nitrogens with zero attached hydrogens (tertiary/aromatic N) is 2. The van der Waals surface area contributed by atoms with Gasteiger partial charge in [0.15, 0.2) is 11.4 Å². The van der Waals surface area contributed by atoms with Crippen LogP contribution in [0.5, 0.6) is 5.75 Å². The van der Waals surface area contributed by atoms with Crippen LogP contribution in [0.15, 0.2) is 35.0 Å². The summed E-state index contributed by atoms with van der Waals surface area (Å²) in [5.41, 5.74) is -2.78. The number of halogens is 4. The van der Waals surface area contributed by atoms with Crippen molar-refractivity contribution in [3.8, 4) is 5.75 Å². The van der Waals surface area contributed by atoms with E-state index in [2.05, 4.69) is 5.32 Å². The van der Waals surface area contributed by atoms with E-state index in [-0.39, 0.29) is 18.7 Å². The van der Waals surface area contributed by atoms with Crippen LogP contribution < -0.4 is 10.7 Å². The van der Waals surface area contributed by atoms with E-state index in [1.807, 2.05) is 0 Å². The highest BCUT2D eigenvalue weighted by Crippen LogP contribution is 2.33. The minimum atomic E-state index is -1.23. The fourth-order valence-corrected chi connectivity index (χ4v) is 3.95. The van der Waals surface area contributed by atoms with Crippen molar-refractivity contribution in [2.45, 2.75) is 32.0 Å². The summed E-state index contributed by atoms with van der Waals surface area (Å²) in [5, 5.41) is 12.5. The first-order chi connectivity index (χ1) is 15.1. The Morgan fingerprint density at radius 2 is 1.84 bits per heavy atom. The lowest BCUT2D eigenvalue weighted by Gasteiger charge is -2.36. The molecular formula is C21H17F4N3O4. The summed E-state index contributed by atoms with van der Waals surface area (Å²) in [6.07, 6.45) is 2.20. The fraction of sp³-hybridized carbons (Fsp3) is 0.286. The molecule has 3 heterocycles. The van der Waals surface area contributed by atoms with Crippen molar-refractivity contribution in [1.82, 2.24) is 14.8 Å². The van der Waals surface area contributed by atoms with E-state index in [4.69, 9.17) is 0 Å². The Balaban J connectivity index is 1.71. The molecule has 2 atom stereocenters. The van der Waals surface area contributed by atoms with Crippen molar-refractivity contribution in [1.29, 1.82) is 0 Å². The molecule has 2 bridgehead atoms. The number of aromatic nitrogens is 1. The number of carbonyl (C=O) groups excluding carboxylic acids is 2. The summed E-state index contributed by atoms with van der Waals surface area (Å²) in [7, 11) is 0. The molecule has 32 heavy (non-hydrogen) atoms. The zero-order valence-electron chi connectivity index (χ0n) is 16.7. The van der Waals surface area contributed by atoms with Crippen molar-refractivity contribution < 1.29 is 32.3 Å². The molecule has 1 aromatic carbocycles. The van der Waals surface area contributed by atoms with Gasteiger partial charge in [0.05, 0.1) is 6.04 Å². The number of aromatic hydroxyl groups is 1. The van der Waals surface area contributed by atoms with Gasteiger partial charge >= 0.3 is 0 Å². The minimum Gasteiger partial charge on any atom is -0.503 e. The van der Waals surface area contributed by atoms with Crippen LogP contribution in [0.4, 0.5) is 17.6 Å². The van der Waals surface area contributed by atoms with E-state index >= 15 is 0 Å². The van der Waals surface area contributed by atoms with Gasteiger partial charge in [-0.25, -0.2) is 17.6 Å². The second-order valence-corrected chi connectivity index (χ2v) is 7.70. The second kappa shape index (κ2) is 7.81. The molecule has 7 nitrogen and oxygen atoms in total. The maximum absolute atomic E-state index is 14.2. The second-order valence-electron chi connectivity index (χ2n) is 7.70. The zero-order chi connectivity index (χ0) is 23.3. The van der Waals surface area contributed by atoms with E-state index in [9.17, 15) is 37.1 Å². The molecule has 2 N–H and O–H groups in total. The number of carbonyl (C=O) groups is 2. The molecule has 4 rings (SSSR count). The fourth-order valence-electron chi connectivity index (χ4n) is 3.95. The predicted molar refractivity (Wildman–Crippen MR) is 103 cm³/mol. The largest absolute Gasteiger partial charge is 0.503 e. The van der Waals surface area contributed by atoms with Crippen molar-refractivity contribution in [3.05, 3.63) is 74.7 Å². The Hall–Kier alpha value is -3.63. The summed E-state index contributed by atoms with van der Waals surface area (Å²) in [4.78, 5) is 39.3. The molecule has 1 aromatic heterocycles. The van der Waals surface area contributed by atoms with Crippen molar-refractivity contribution >= 4 is 11.8 Å². The van der Waals surface area contributed by atoms with Crippen LogP contribution in [-0.4, -0.2) is 39.0 Å². The molecular weight excluding hydrogens is 434 g/mol. The molecule has 0 saturated carbocycles. The van der Waals surface area contributed by atoms with Crippen molar-refractivity contribution in [2.24, 2.45) is 0 Å². The number of hydrogen-bond donors (Lipinski definition) is 2. The normalized spacial score (nSPS) is 19.8. The van der Waals surface area contributed by atoms with E-state index in [0.717, 1.165) is 10.8 Å². The first-order valence-electron chi connectivity index (χ1n) is 9.65. The molecule has 168 valence electrons. The minimum absolute atomic E-state index is 0.0378. The van der Waals surface area contributed by atoms with E-state index in [1.165, 1.54) is 11.0 Å². The molecule has 0 unspecified atom stereocenters. The average Bonchev–Trinajstić information content (AvgIpc) is 2.83. The number of fused-ring (bicyclic) bond motifs is 4. The number of hydrogen-bond acceptors (Lipinski definition) is 4. The molecule has 0 fully saturated rings. The third kappa shape index (κ3) is 3.53. The van der Waals surface area contributed by atoms with Crippen LogP contribution in [0.2, 0.25) is 0 Å². The van der Waals surface area contributed by atoms with Crippen LogP contribution >= 0.6 is 0 Å². The average molecular weight is 451 g/mol. The standard InChI is InChI=1S/C21H17F4N3O4/c1-9-2-10(22)3-12-7-27(9)21(32)17-19(30)18(29)14(8-28(12)17)20(31)26-6-13-15(24)4-11(23)5-16(13)25/h3-5,8-9,12,30H,2,6-7H2,1H3,(H,26,31)/t9-,12-/m0/s1. The summed E-state index contributed by atoms with van der Waals surface area (Å²) in [6.45, 7) is 0.991. The van der Waals surface area contributed by atoms with Crippen LogP contribution in [0.3, 0.4) is 0 Å². The predicted octanol–water partition coefficient (Wildman–Crippen LogP) is 2.54. The van der Waals surface area contributed by atoms with E-state index < -0.39 is 76.0 Å². The van der Waals surface area contributed by atoms with Gasteiger partial charge in [0.2, 0.25) is 5.43 Å². The summed E-state index contributed by atoms with van der Waals surface area (Å²) in [5.74, 6) is -6.85. The highest BCUT2D eigenvalue weighted by Gasteiger charge is 2.38. The smallest absolute Gasteiger partial charge is 0.274 e. The molecule has 2 amide bonds. The Bertz CT molecular complexity index is 1220. The van der Waals surface area contributed by atoms with Crippen LogP contribution in [0, 0.1) is 17.5 Å². The third-order valence-corrected chi connectivity index (χ3v) is 5.59. The molecule has 2 aromatic rings. The SMILES string of the molecule is C[C@H]1CC(F)=C[C@H]2CN1C(=O)c1c(O)c(=O)c(C(=O)NCc3c(F)cc(F)cc3F)cn12. The van der Waals surface area contributed by atoms with Crippen LogP contribution in [0.25, 0.3) is 0 Å². The summed E-state index contributed by atoms with van der Waals surface area (Å²) < 4.78 is 56.0. The number of rotatable bonds is 3. The Kier molecular flexibility index (Phi) is 5.27. The van der Waals surface area contributed by atoms with Crippen molar-refractivity contribution in [3.63, 3.8) is 0 Å². The van der Waals surface area contributed by atoms with Gasteiger partial charge < -0.3 is 19.9 Å². The number of benzene rings is 1. The quantitative estimate of drug-likeness (QED) is 0.702. The van der Waals surface area contributed by atoms with Gasteiger partial charge in [-0.2, -0.15) is 0 Å². The lowest BCUT2D eigenvalue weighted by molar-refractivity contribution is 0.0612. The Morgan fingerprint density at radius 3 is 2.50 bits per heavy atom. The highest BCUT2D eigenvalue weighted by atomic mass is 19.1. The maximum Gasteiger partial charge on any atom is 0.274 e. The molecule has 11 heteroatoms. The Morgan fingerprint density at radius 1 is 1.19 bits per heavy atom. The molecule has 0 saturated heterocycles. The van der Waals surface area contributed by atoms with Gasteiger partial charge in [0, 0.05) is 49.4 Å². The van der Waals surface area contributed by atoms with E-state index in [0.29, 0.717) is 12.1 Å². The monoisotopic (exact) mass is 451 g/mol. The van der Waals surface area contributed by atoms with Gasteiger partial charge in [-0.15, -0.1) is 0 Å². The van der Waals surface area contributed by atoms with Crippen LogP contribution in [0.1, 0.15) is 45.8 Å².